The summed E-state index contributed by atoms with van der Waals surface area (Å²) in [5, 5.41) is 8.73. The quantitative estimate of drug-likeness (QED) is 0.762. The minimum Gasteiger partial charge on any atom is -0.462 e. The standard InChI is InChI=1S/C13H15NO4S/c1-10(2)18-13(15)9-19(16,17)8-12-5-3-4-11(6-12)7-14/h3-6,10H,8-9H2,1-2H3. The molecule has 0 amide bonds. The third-order valence-corrected chi connectivity index (χ3v) is 3.60. The maximum atomic E-state index is 11.8. The molecule has 0 aromatic heterocycles. The van der Waals surface area contributed by atoms with Crippen molar-refractivity contribution in [3.63, 3.8) is 0 Å². The van der Waals surface area contributed by atoms with Gasteiger partial charge in [-0.1, -0.05) is 12.1 Å². The molecule has 6 heteroatoms. The summed E-state index contributed by atoms with van der Waals surface area (Å²) in [6, 6.07) is 8.22. The summed E-state index contributed by atoms with van der Waals surface area (Å²) in [4.78, 5) is 11.3. The summed E-state index contributed by atoms with van der Waals surface area (Å²) in [6.45, 7) is 3.31. The van der Waals surface area contributed by atoms with E-state index in [1.165, 1.54) is 6.07 Å². The van der Waals surface area contributed by atoms with Gasteiger partial charge in [-0.15, -0.1) is 0 Å². The number of nitriles is 1. The number of hydrogen-bond donors (Lipinski definition) is 0. The van der Waals surface area contributed by atoms with E-state index >= 15 is 0 Å². The van der Waals surface area contributed by atoms with Crippen molar-refractivity contribution in [1.29, 1.82) is 5.26 Å². The third kappa shape index (κ3) is 5.53. The van der Waals surface area contributed by atoms with Crippen molar-refractivity contribution in [2.75, 3.05) is 5.75 Å². The molecule has 0 aliphatic carbocycles. The van der Waals surface area contributed by atoms with Crippen molar-refractivity contribution < 1.29 is 17.9 Å². The number of sulfone groups is 1. The normalized spacial score (nSPS) is 11.1. The lowest BCUT2D eigenvalue weighted by Crippen LogP contribution is -2.22. The Morgan fingerprint density at radius 1 is 1.42 bits per heavy atom. The van der Waals surface area contributed by atoms with Crippen molar-refractivity contribution in [3.8, 4) is 6.07 Å². The minimum absolute atomic E-state index is 0.282. The molecule has 0 aliphatic heterocycles. The van der Waals surface area contributed by atoms with Crippen LogP contribution in [0, 0.1) is 11.3 Å². The fourth-order valence-electron chi connectivity index (χ4n) is 1.51. The number of carbonyl (C=O) groups excluding carboxylic acids is 1. The lowest BCUT2D eigenvalue weighted by molar-refractivity contribution is -0.144. The molecule has 0 saturated carbocycles. The van der Waals surface area contributed by atoms with Gasteiger partial charge in [-0.05, 0) is 31.5 Å². The monoisotopic (exact) mass is 281 g/mol. The van der Waals surface area contributed by atoms with Gasteiger partial charge in [0.1, 0.15) is 5.75 Å². The van der Waals surface area contributed by atoms with E-state index in [4.69, 9.17) is 10.00 Å². The van der Waals surface area contributed by atoms with Crippen molar-refractivity contribution in [3.05, 3.63) is 35.4 Å². The molecule has 0 atom stereocenters. The Morgan fingerprint density at radius 2 is 2.11 bits per heavy atom. The minimum atomic E-state index is -3.59. The summed E-state index contributed by atoms with van der Waals surface area (Å²) in [5.41, 5.74) is 0.869. The van der Waals surface area contributed by atoms with Crippen LogP contribution in [-0.2, 0) is 25.1 Å². The van der Waals surface area contributed by atoms with Gasteiger partial charge in [0.25, 0.3) is 0 Å². The Bertz CT molecular complexity index is 599. The highest BCUT2D eigenvalue weighted by Gasteiger charge is 2.19. The van der Waals surface area contributed by atoms with Gasteiger partial charge in [0.2, 0.25) is 0 Å². The topological polar surface area (TPSA) is 84.2 Å². The second-order valence-electron chi connectivity index (χ2n) is 4.38. The molecule has 0 fully saturated rings. The van der Waals surface area contributed by atoms with Crippen LogP contribution in [0.4, 0.5) is 0 Å². The Kier molecular flexibility index (Phi) is 5.07. The molecule has 0 bridgehead atoms. The molecule has 0 aliphatic rings. The van der Waals surface area contributed by atoms with Crippen molar-refractivity contribution in [1.82, 2.24) is 0 Å². The zero-order chi connectivity index (χ0) is 14.5. The second-order valence-corrected chi connectivity index (χ2v) is 6.45. The zero-order valence-electron chi connectivity index (χ0n) is 10.8. The molecule has 19 heavy (non-hydrogen) atoms. The van der Waals surface area contributed by atoms with Crippen LogP contribution in [0.2, 0.25) is 0 Å². The summed E-state index contributed by atoms with van der Waals surface area (Å²) in [7, 11) is -3.59. The van der Waals surface area contributed by atoms with Crippen LogP contribution in [0.15, 0.2) is 24.3 Å². The highest BCUT2D eigenvalue weighted by molar-refractivity contribution is 7.91. The summed E-state index contributed by atoms with van der Waals surface area (Å²) in [6.07, 6.45) is -0.343. The lowest BCUT2D eigenvalue weighted by Gasteiger charge is -2.08. The van der Waals surface area contributed by atoms with Crippen LogP contribution >= 0.6 is 0 Å². The fraction of sp³-hybridized carbons (Fsp3) is 0.385. The predicted octanol–water partition coefficient (Wildman–Crippen LogP) is 1.42. The number of benzene rings is 1. The van der Waals surface area contributed by atoms with E-state index in [0.29, 0.717) is 11.1 Å². The molecule has 0 unspecified atom stereocenters. The second kappa shape index (κ2) is 6.34. The number of nitrogens with zero attached hydrogens (tertiary/aromatic N) is 1. The van der Waals surface area contributed by atoms with Crippen molar-refractivity contribution in [2.45, 2.75) is 25.7 Å². The van der Waals surface area contributed by atoms with Crippen LogP contribution in [0.5, 0.6) is 0 Å². The van der Waals surface area contributed by atoms with Gasteiger partial charge < -0.3 is 4.74 Å². The molecule has 1 rings (SSSR count). The van der Waals surface area contributed by atoms with Crippen molar-refractivity contribution >= 4 is 15.8 Å². The van der Waals surface area contributed by atoms with E-state index in [1.807, 2.05) is 6.07 Å². The molecule has 1 aromatic carbocycles. The Balaban J connectivity index is 2.74. The lowest BCUT2D eigenvalue weighted by atomic mass is 10.2. The van der Waals surface area contributed by atoms with Crippen molar-refractivity contribution in [2.24, 2.45) is 0 Å². The van der Waals surface area contributed by atoms with Gasteiger partial charge in [-0.25, -0.2) is 8.42 Å². The van der Waals surface area contributed by atoms with E-state index in [9.17, 15) is 13.2 Å². The Hall–Kier alpha value is -1.87. The van der Waals surface area contributed by atoms with Gasteiger partial charge in [0, 0.05) is 0 Å². The first kappa shape index (κ1) is 15.2. The highest BCUT2D eigenvalue weighted by Crippen LogP contribution is 2.10. The summed E-state index contributed by atoms with van der Waals surface area (Å²) >= 11 is 0. The molecule has 102 valence electrons. The molecule has 0 saturated heterocycles. The van der Waals surface area contributed by atoms with Crippen LogP contribution in [0.1, 0.15) is 25.0 Å². The highest BCUT2D eigenvalue weighted by atomic mass is 32.2. The first-order valence-electron chi connectivity index (χ1n) is 5.71. The maximum absolute atomic E-state index is 11.8. The van der Waals surface area contributed by atoms with Gasteiger partial charge in [0.15, 0.2) is 9.84 Å². The molecule has 0 radical (unpaired) electrons. The van der Waals surface area contributed by atoms with E-state index in [-0.39, 0.29) is 11.9 Å². The predicted molar refractivity (Wildman–Crippen MR) is 69.9 cm³/mol. The molecule has 0 N–H and O–H groups in total. The number of esters is 1. The van der Waals surface area contributed by atoms with Gasteiger partial charge in [-0.2, -0.15) is 5.26 Å². The molecular weight excluding hydrogens is 266 g/mol. The van der Waals surface area contributed by atoms with Gasteiger partial charge >= 0.3 is 5.97 Å². The molecular formula is C13H15NO4S. The number of ether oxygens (including phenoxy) is 1. The Morgan fingerprint density at radius 3 is 2.68 bits per heavy atom. The summed E-state index contributed by atoms with van der Waals surface area (Å²) in [5.74, 6) is -1.69. The first-order valence-corrected chi connectivity index (χ1v) is 7.53. The molecule has 0 spiro atoms. The van der Waals surface area contributed by atoms with Crippen LogP contribution in [-0.4, -0.2) is 26.2 Å². The smallest absolute Gasteiger partial charge is 0.321 e. The number of rotatable bonds is 5. The average molecular weight is 281 g/mol. The maximum Gasteiger partial charge on any atom is 0.321 e. The van der Waals surface area contributed by atoms with E-state index in [0.717, 1.165) is 0 Å². The van der Waals surface area contributed by atoms with E-state index < -0.39 is 21.6 Å². The van der Waals surface area contributed by atoms with Gasteiger partial charge in [0.05, 0.1) is 23.5 Å². The van der Waals surface area contributed by atoms with Crippen LogP contribution in [0.3, 0.4) is 0 Å². The molecule has 1 aromatic rings. The van der Waals surface area contributed by atoms with E-state index in [2.05, 4.69) is 0 Å². The Labute approximate surface area is 112 Å². The number of hydrogen-bond acceptors (Lipinski definition) is 5. The molecule has 5 nitrogen and oxygen atoms in total. The van der Waals surface area contributed by atoms with E-state index in [1.54, 1.807) is 32.0 Å². The first-order chi connectivity index (χ1) is 8.82. The van der Waals surface area contributed by atoms with Crippen LogP contribution in [0.25, 0.3) is 0 Å². The molecule has 0 heterocycles. The average Bonchev–Trinajstić information content (AvgIpc) is 2.26. The fourth-order valence-corrected chi connectivity index (χ4v) is 2.73. The SMILES string of the molecule is CC(C)OC(=O)CS(=O)(=O)Cc1cccc(C#N)c1. The number of carbonyl (C=O) groups is 1. The van der Waals surface area contributed by atoms with Gasteiger partial charge in [-0.3, -0.25) is 4.79 Å². The largest absolute Gasteiger partial charge is 0.462 e. The summed E-state index contributed by atoms with van der Waals surface area (Å²) < 4.78 is 28.4. The third-order valence-electron chi connectivity index (χ3n) is 2.15. The van der Waals surface area contributed by atoms with Crippen LogP contribution < -0.4 is 0 Å². The zero-order valence-corrected chi connectivity index (χ0v) is 11.6.